The van der Waals surface area contributed by atoms with Crippen LogP contribution in [0.25, 0.3) is 11.0 Å². The molecule has 3 heterocycles. The molecule has 0 spiro atoms. The summed E-state index contributed by atoms with van der Waals surface area (Å²) in [5.41, 5.74) is 9.32. The fraction of sp³-hybridized carbons (Fsp3) is 0.286. The summed E-state index contributed by atoms with van der Waals surface area (Å²) in [5.74, 6) is 1.00. The topological polar surface area (TPSA) is 91.7 Å². The van der Waals surface area contributed by atoms with Gasteiger partial charge in [-0.2, -0.15) is 10.1 Å². The predicted octanol–water partition coefficient (Wildman–Crippen LogP) is 2.24. The molecule has 0 unspecified atom stereocenters. The molecular formula is C14H15BrN6O. The van der Waals surface area contributed by atoms with Gasteiger partial charge in [0.05, 0.1) is 30.9 Å². The maximum absolute atomic E-state index is 5.72. The third kappa shape index (κ3) is 2.39. The van der Waals surface area contributed by atoms with Gasteiger partial charge >= 0.3 is 0 Å². The Morgan fingerprint density at radius 1 is 1.27 bits per heavy atom. The summed E-state index contributed by atoms with van der Waals surface area (Å²) in [6, 6.07) is 0. The summed E-state index contributed by atoms with van der Waals surface area (Å²) < 4.78 is 7.83. The highest BCUT2D eigenvalue weighted by Crippen LogP contribution is 2.26. The van der Waals surface area contributed by atoms with Crippen LogP contribution in [0.5, 0.6) is 5.75 Å². The number of nitrogen functional groups attached to an aromatic ring is 1. The molecule has 0 radical (unpaired) electrons. The van der Waals surface area contributed by atoms with Crippen LogP contribution in [0.2, 0.25) is 0 Å². The second-order valence-corrected chi connectivity index (χ2v) is 5.69. The van der Waals surface area contributed by atoms with Gasteiger partial charge in [-0.25, -0.2) is 9.67 Å². The van der Waals surface area contributed by atoms with Crippen molar-refractivity contribution in [1.82, 2.24) is 24.7 Å². The number of halogens is 1. The minimum absolute atomic E-state index is 0.206. The van der Waals surface area contributed by atoms with E-state index in [9.17, 15) is 0 Å². The van der Waals surface area contributed by atoms with Crippen LogP contribution in [0.3, 0.4) is 0 Å². The van der Waals surface area contributed by atoms with Crippen LogP contribution in [0.15, 0.2) is 17.0 Å². The maximum Gasteiger partial charge on any atom is 0.223 e. The number of ether oxygens (including phenoxy) is 1. The quantitative estimate of drug-likeness (QED) is 0.718. The number of aromatic nitrogens is 5. The molecule has 3 rings (SSSR count). The highest BCUT2D eigenvalue weighted by Gasteiger charge is 2.14. The molecule has 0 aliphatic carbocycles. The van der Waals surface area contributed by atoms with Gasteiger partial charge in [-0.15, -0.1) is 0 Å². The summed E-state index contributed by atoms with van der Waals surface area (Å²) in [4.78, 5) is 12.7. The molecule has 0 atom stereocenters. The lowest BCUT2D eigenvalue weighted by Crippen LogP contribution is -2.07. The van der Waals surface area contributed by atoms with Crippen LogP contribution < -0.4 is 10.5 Å². The van der Waals surface area contributed by atoms with Crippen molar-refractivity contribution >= 4 is 32.9 Å². The van der Waals surface area contributed by atoms with Crippen LogP contribution in [0.4, 0.5) is 5.95 Å². The Bertz CT molecular complexity index is 860. The Hall–Kier alpha value is -2.22. The van der Waals surface area contributed by atoms with E-state index in [0.29, 0.717) is 16.8 Å². The molecule has 3 aromatic rings. The molecule has 0 bridgehead atoms. The number of hydrogen-bond donors (Lipinski definition) is 1. The fourth-order valence-electron chi connectivity index (χ4n) is 2.42. The van der Waals surface area contributed by atoms with Crippen molar-refractivity contribution < 1.29 is 4.74 Å². The molecule has 0 saturated carbocycles. The first-order chi connectivity index (χ1) is 10.5. The van der Waals surface area contributed by atoms with E-state index < -0.39 is 0 Å². The van der Waals surface area contributed by atoms with Gasteiger partial charge < -0.3 is 10.5 Å². The van der Waals surface area contributed by atoms with E-state index in [1.807, 2.05) is 20.0 Å². The monoisotopic (exact) mass is 362 g/mol. The van der Waals surface area contributed by atoms with E-state index in [0.717, 1.165) is 28.0 Å². The molecule has 7 nitrogen and oxygen atoms in total. The van der Waals surface area contributed by atoms with Crippen LogP contribution in [0, 0.1) is 13.8 Å². The number of anilines is 1. The average molecular weight is 363 g/mol. The zero-order valence-electron chi connectivity index (χ0n) is 12.5. The zero-order valence-corrected chi connectivity index (χ0v) is 14.0. The fourth-order valence-corrected chi connectivity index (χ4v) is 2.88. The number of aryl methyl sites for hydroxylation is 1. The minimum atomic E-state index is 0.206. The second kappa shape index (κ2) is 5.53. The molecule has 3 aromatic heterocycles. The number of rotatable bonds is 3. The number of methoxy groups -OCH3 is 1. The third-order valence-corrected chi connectivity index (χ3v) is 4.16. The van der Waals surface area contributed by atoms with Crippen molar-refractivity contribution in [3.63, 3.8) is 0 Å². The van der Waals surface area contributed by atoms with E-state index >= 15 is 0 Å². The van der Waals surface area contributed by atoms with Crippen molar-refractivity contribution in [2.24, 2.45) is 0 Å². The highest BCUT2D eigenvalue weighted by atomic mass is 79.9. The van der Waals surface area contributed by atoms with Crippen molar-refractivity contribution in [3.8, 4) is 5.75 Å². The Balaban J connectivity index is 2.08. The van der Waals surface area contributed by atoms with Crippen LogP contribution in [-0.2, 0) is 6.54 Å². The van der Waals surface area contributed by atoms with Gasteiger partial charge in [0, 0.05) is 6.20 Å². The molecule has 0 saturated heterocycles. The second-order valence-electron chi connectivity index (χ2n) is 4.94. The van der Waals surface area contributed by atoms with Crippen LogP contribution in [-0.4, -0.2) is 31.8 Å². The highest BCUT2D eigenvalue weighted by molar-refractivity contribution is 9.10. The van der Waals surface area contributed by atoms with E-state index in [1.165, 1.54) is 0 Å². The standard InChI is InChI=1S/C14H15BrN6O/c1-7-9(4-17-8(2)11(7)22-3)6-21-13-10(5-18-21)12(15)19-14(16)20-13/h4-5H,6H2,1-3H3,(H2,16,19,20). The Kier molecular flexibility index (Phi) is 3.69. The Morgan fingerprint density at radius 2 is 2.05 bits per heavy atom. The first-order valence-electron chi connectivity index (χ1n) is 6.65. The van der Waals surface area contributed by atoms with Gasteiger partial charge in [-0.3, -0.25) is 4.98 Å². The maximum atomic E-state index is 5.72. The first-order valence-corrected chi connectivity index (χ1v) is 7.44. The van der Waals surface area contributed by atoms with Gasteiger partial charge in [-0.05, 0) is 40.9 Å². The SMILES string of the molecule is COc1c(C)ncc(Cn2ncc3c(Br)nc(N)nc32)c1C. The van der Waals surface area contributed by atoms with Crippen LogP contribution >= 0.6 is 15.9 Å². The molecule has 0 aromatic carbocycles. The van der Waals surface area contributed by atoms with Crippen LogP contribution in [0.1, 0.15) is 16.8 Å². The Morgan fingerprint density at radius 3 is 2.77 bits per heavy atom. The summed E-state index contributed by atoms with van der Waals surface area (Å²) in [5, 5.41) is 5.19. The van der Waals surface area contributed by atoms with Crippen molar-refractivity contribution in [2.45, 2.75) is 20.4 Å². The van der Waals surface area contributed by atoms with E-state index in [4.69, 9.17) is 10.5 Å². The molecular weight excluding hydrogens is 348 g/mol. The number of pyridine rings is 1. The molecule has 22 heavy (non-hydrogen) atoms. The molecule has 0 fully saturated rings. The minimum Gasteiger partial charge on any atom is -0.495 e. The first kappa shape index (κ1) is 14.7. The van der Waals surface area contributed by atoms with Gasteiger partial charge in [-0.1, -0.05) is 0 Å². The molecule has 0 aliphatic rings. The average Bonchev–Trinajstić information content (AvgIpc) is 2.86. The molecule has 8 heteroatoms. The number of hydrogen-bond acceptors (Lipinski definition) is 6. The normalized spacial score (nSPS) is 11.1. The summed E-state index contributed by atoms with van der Waals surface area (Å²) in [6.45, 7) is 4.46. The third-order valence-electron chi connectivity index (χ3n) is 3.56. The number of fused-ring (bicyclic) bond motifs is 1. The lowest BCUT2D eigenvalue weighted by Gasteiger charge is -2.12. The van der Waals surface area contributed by atoms with Crippen molar-refractivity contribution in [3.05, 3.63) is 33.8 Å². The van der Waals surface area contributed by atoms with Gasteiger partial charge in [0.2, 0.25) is 5.95 Å². The molecule has 0 amide bonds. The van der Waals surface area contributed by atoms with E-state index in [1.54, 1.807) is 18.0 Å². The Labute approximate surface area is 135 Å². The smallest absolute Gasteiger partial charge is 0.223 e. The van der Waals surface area contributed by atoms with Gasteiger partial charge in [0.15, 0.2) is 5.65 Å². The molecule has 2 N–H and O–H groups in total. The lowest BCUT2D eigenvalue weighted by atomic mass is 10.1. The van der Waals surface area contributed by atoms with Gasteiger partial charge in [0.25, 0.3) is 0 Å². The summed E-state index contributed by atoms with van der Waals surface area (Å²) in [7, 11) is 1.65. The van der Waals surface area contributed by atoms with E-state index in [2.05, 4.69) is 36.0 Å². The largest absolute Gasteiger partial charge is 0.495 e. The predicted molar refractivity (Wildman–Crippen MR) is 86.8 cm³/mol. The lowest BCUT2D eigenvalue weighted by molar-refractivity contribution is 0.405. The van der Waals surface area contributed by atoms with Gasteiger partial charge in [0.1, 0.15) is 10.4 Å². The number of nitrogens with zero attached hydrogens (tertiary/aromatic N) is 5. The summed E-state index contributed by atoms with van der Waals surface area (Å²) in [6.07, 6.45) is 3.55. The van der Waals surface area contributed by atoms with E-state index in [-0.39, 0.29) is 5.95 Å². The zero-order chi connectivity index (χ0) is 15.9. The molecule has 114 valence electrons. The number of nitrogens with two attached hydrogens (primary N) is 1. The molecule has 0 aliphatic heterocycles. The summed E-state index contributed by atoms with van der Waals surface area (Å²) >= 11 is 3.38. The van der Waals surface area contributed by atoms with Crippen molar-refractivity contribution in [1.29, 1.82) is 0 Å². The van der Waals surface area contributed by atoms with Crippen molar-refractivity contribution in [2.75, 3.05) is 12.8 Å².